The third kappa shape index (κ3) is 29.0. The van der Waals surface area contributed by atoms with E-state index in [2.05, 4.69) is 39.8 Å². The van der Waals surface area contributed by atoms with Gasteiger partial charge in [-0.05, 0) is 84.2 Å². The van der Waals surface area contributed by atoms with Crippen molar-refractivity contribution in [3.8, 4) is 0 Å². The lowest BCUT2D eigenvalue weighted by atomic mass is 9.89. The van der Waals surface area contributed by atoms with E-state index < -0.39 is 0 Å². The van der Waals surface area contributed by atoms with Gasteiger partial charge >= 0.3 is 30.0 Å². The zero-order valence-electron chi connectivity index (χ0n) is 39.7. The Morgan fingerprint density at radius 1 is 0.607 bits per heavy atom. The maximum atomic E-state index is 13.2. The van der Waals surface area contributed by atoms with Gasteiger partial charge < -0.3 is 33.5 Å². The van der Waals surface area contributed by atoms with E-state index in [4.69, 9.17) is 23.7 Å². The van der Waals surface area contributed by atoms with Crippen LogP contribution in [0.3, 0.4) is 0 Å². The first-order valence-electron chi connectivity index (χ1n) is 24.3. The summed E-state index contributed by atoms with van der Waals surface area (Å²) in [5.41, 5.74) is 0. The molecule has 1 aliphatic rings. The first-order valence-corrected chi connectivity index (χ1v) is 24.3. The molecule has 4 atom stereocenters. The van der Waals surface area contributed by atoms with Gasteiger partial charge in [0.05, 0.1) is 19.8 Å². The van der Waals surface area contributed by atoms with Gasteiger partial charge in [-0.1, -0.05) is 104 Å². The SMILES string of the molecule is CC/C=C\CC1C(CC(=O)OCCC(CCCCCCCC)OC(=O)CCCCC(COC(=O)CCCCC)COC(=O)CCCCC)CCC1OC(=O)N(C)CCN(C)C. The summed E-state index contributed by atoms with van der Waals surface area (Å²) in [5, 5.41) is 0. The van der Waals surface area contributed by atoms with E-state index in [1.54, 1.807) is 11.9 Å². The molecule has 61 heavy (non-hydrogen) atoms. The highest BCUT2D eigenvalue weighted by Crippen LogP contribution is 2.39. The van der Waals surface area contributed by atoms with Gasteiger partial charge in [-0.3, -0.25) is 19.2 Å². The van der Waals surface area contributed by atoms with Gasteiger partial charge in [-0.25, -0.2) is 4.79 Å². The van der Waals surface area contributed by atoms with E-state index in [0.717, 1.165) is 90.0 Å². The molecule has 0 spiro atoms. The second-order valence-corrected chi connectivity index (χ2v) is 17.5. The number of unbranched alkanes of at least 4 members (excludes halogenated alkanes) is 10. The van der Waals surface area contributed by atoms with E-state index in [0.29, 0.717) is 51.5 Å². The summed E-state index contributed by atoms with van der Waals surface area (Å²) in [7, 11) is 5.69. The first-order chi connectivity index (χ1) is 29.4. The third-order valence-corrected chi connectivity index (χ3v) is 11.6. The average Bonchev–Trinajstić information content (AvgIpc) is 3.59. The summed E-state index contributed by atoms with van der Waals surface area (Å²) in [6.45, 7) is 10.3. The smallest absolute Gasteiger partial charge is 0.409 e. The van der Waals surface area contributed by atoms with Crippen LogP contribution in [0.1, 0.15) is 188 Å². The highest BCUT2D eigenvalue weighted by molar-refractivity contribution is 5.71. The van der Waals surface area contributed by atoms with Crippen LogP contribution in [0, 0.1) is 17.8 Å². The summed E-state index contributed by atoms with van der Waals surface area (Å²) in [4.78, 5) is 67.5. The van der Waals surface area contributed by atoms with Crippen LogP contribution in [-0.4, -0.2) is 106 Å². The van der Waals surface area contributed by atoms with Crippen molar-refractivity contribution in [2.24, 2.45) is 17.8 Å². The molecule has 0 aromatic rings. The lowest BCUT2D eigenvalue weighted by molar-refractivity contribution is -0.152. The second-order valence-electron chi connectivity index (χ2n) is 17.5. The Bertz CT molecular complexity index is 1180. The minimum atomic E-state index is -0.342. The van der Waals surface area contributed by atoms with Crippen LogP contribution >= 0.6 is 0 Å². The van der Waals surface area contributed by atoms with Crippen molar-refractivity contribution in [2.75, 3.05) is 54.1 Å². The van der Waals surface area contributed by atoms with Gasteiger partial charge in [-0.2, -0.15) is 0 Å². The molecule has 0 N–H and O–H groups in total. The number of carbonyl (C=O) groups excluding carboxylic acids is 5. The zero-order valence-corrected chi connectivity index (χ0v) is 39.7. The van der Waals surface area contributed by atoms with E-state index in [-0.39, 0.29) is 92.6 Å². The predicted octanol–water partition coefficient (Wildman–Crippen LogP) is 10.8. The van der Waals surface area contributed by atoms with Crippen molar-refractivity contribution in [2.45, 2.75) is 200 Å². The van der Waals surface area contributed by atoms with Gasteiger partial charge in [0, 0.05) is 64.1 Å². The molecule has 1 aliphatic carbocycles. The van der Waals surface area contributed by atoms with Gasteiger partial charge in [0.2, 0.25) is 0 Å². The van der Waals surface area contributed by atoms with Crippen LogP contribution in [0.4, 0.5) is 4.79 Å². The third-order valence-electron chi connectivity index (χ3n) is 11.6. The molecule has 12 heteroatoms. The maximum Gasteiger partial charge on any atom is 0.409 e. The number of likely N-dealkylation sites (N-methyl/N-ethyl adjacent to an activating group) is 2. The summed E-state index contributed by atoms with van der Waals surface area (Å²) in [6.07, 6.45) is 23.2. The molecule has 0 saturated heterocycles. The molecule has 1 amide bonds. The van der Waals surface area contributed by atoms with Crippen molar-refractivity contribution < 1.29 is 47.7 Å². The van der Waals surface area contributed by atoms with Crippen molar-refractivity contribution in [1.29, 1.82) is 0 Å². The normalized spacial score (nSPS) is 16.8. The average molecular weight is 865 g/mol. The highest BCUT2D eigenvalue weighted by atomic mass is 16.6. The molecule has 1 fully saturated rings. The number of esters is 4. The molecule has 1 rings (SSSR count). The molecule has 4 unspecified atom stereocenters. The Balaban J connectivity index is 2.74. The van der Waals surface area contributed by atoms with Crippen molar-refractivity contribution in [3.63, 3.8) is 0 Å². The fraction of sp³-hybridized carbons (Fsp3) is 0.857. The fourth-order valence-electron chi connectivity index (χ4n) is 7.69. The standard InChI is InChI=1S/C49H88N2O10/c1-8-12-16-17-18-22-26-42(60-47(54)30-24-23-25-40(38-58-45(52)28-20-14-10-3)39-59-46(53)29-21-15-11-4)33-36-57-48(55)37-41-31-32-44(43(41)27-19-13-9-2)61-49(56)51(7)35-34-50(5)6/h13,19,40-44H,8-12,14-18,20-39H2,1-7H3/b19-13-. The molecular weight excluding hydrogens is 777 g/mol. The summed E-state index contributed by atoms with van der Waals surface area (Å²) >= 11 is 0. The second kappa shape index (κ2) is 36.3. The van der Waals surface area contributed by atoms with Gasteiger partial charge in [0.1, 0.15) is 12.2 Å². The Kier molecular flexibility index (Phi) is 33.3. The number of nitrogens with zero attached hydrogens (tertiary/aromatic N) is 2. The molecule has 0 aliphatic heterocycles. The molecule has 12 nitrogen and oxygen atoms in total. The van der Waals surface area contributed by atoms with E-state index in [1.165, 1.54) is 19.3 Å². The summed E-state index contributed by atoms with van der Waals surface area (Å²) < 4.78 is 28.9. The summed E-state index contributed by atoms with van der Waals surface area (Å²) in [6, 6.07) is 0. The van der Waals surface area contributed by atoms with Crippen LogP contribution < -0.4 is 0 Å². The van der Waals surface area contributed by atoms with E-state index in [1.807, 2.05) is 19.0 Å². The van der Waals surface area contributed by atoms with Crippen LogP contribution in [0.15, 0.2) is 12.2 Å². The molecule has 354 valence electrons. The van der Waals surface area contributed by atoms with Crippen molar-refractivity contribution >= 4 is 30.0 Å². The summed E-state index contributed by atoms with van der Waals surface area (Å²) in [5.74, 6) is -1.06. The minimum absolute atomic E-state index is 0.0365. The fourth-order valence-corrected chi connectivity index (χ4v) is 7.69. The van der Waals surface area contributed by atoms with Crippen molar-refractivity contribution in [3.05, 3.63) is 12.2 Å². The number of amides is 1. The number of allylic oxidation sites excluding steroid dienone is 2. The molecule has 0 aromatic heterocycles. The number of hydrogen-bond donors (Lipinski definition) is 0. The highest BCUT2D eigenvalue weighted by Gasteiger charge is 2.39. The van der Waals surface area contributed by atoms with Gasteiger partial charge in [-0.15, -0.1) is 0 Å². The number of hydrogen-bond acceptors (Lipinski definition) is 11. The number of carbonyl (C=O) groups is 5. The van der Waals surface area contributed by atoms with Crippen LogP contribution in [0.2, 0.25) is 0 Å². The Morgan fingerprint density at radius 3 is 1.80 bits per heavy atom. The van der Waals surface area contributed by atoms with E-state index in [9.17, 15) is 24.0 Å². The zero-order chi connectivity index (χ0) is 45.1. The largest absolute Gasteiger partial charge is 0.466 e. The van der Waals surface area contributed by atoms with Crippen LogP contribution in [-0.2, 0) is 42.9 Å². The molecule has 0 bridgehead atoms. The van der Waals surface area contributed by atoms with Crippen molar-refractivity contribution in [1.82, 2.24) is 9.80 Å². The molecular formula is C49H88N2O10. The Morgan fingerprint density at radius 2 is 1.18 bits per heavy atom. The van der Waals surface area contributed by atoms with E-state index >= 15 is 0 Å². The van der Waals surface area contributed by atoms with Gasteiger partial charge in [0.15, 0.2) is 0 Å². The number of rotatable bonds is 37. The lowest BCUT2D eigenvalue weighted by Crippen LogP contribution is -2.37. The molecule has 1 saturated carbocycles. The monoisotopic (exact) mass is 865 g/mol. The van der Waals surface area contributed by atoms with Crippen LogP contribution in [0.5, 0.6) is 0 Å². The molecule has 0 aromatic carbocycles. The van der Waals surface area contributed by atoms with Crippen LogP contribution in [0.25, 0.3) is 0 Å². The number of ether oxygens (including phenoxy) is 5. The first kappa shape index (κ1) is 55.9. The minimum Gasteiger partial charge on any atom is -0.466 e. The van der Waals surface area contributed by atoms with Gasteiger partial charge in [0.25, 0.3) is 0 Å². The Labute approximate surface area is 370 Å². The maximum absolute atomic E-state index is 13.2. The quantitative estimate of drug-likeness (QED) is 0.0255. The lowest BCUT2D eigenvalue weighted by Gasteiger charge is -2.26. The molecule has 0 heterocycles. The molecule has 0 radical (unpaired) electrons. The Hall–Kier alpha value is -3.15. The predicted molar refractivity (Wildman–Crippen MR) is 242 cm³/mol. The topological polar surface area (TPSA) is 138 Å².